The van der Waals surface area contributed by atoms with Crippen LogP contribution < -0.4 is 5.32 Å². The third-order valence-corrected chi connectivity index (χ3v) is 2.20. The minimum absolute atomic E-state index is 0. The first-order valence-electron chi connectivity index (χ1n) is 4.73. The average molecular weight is 216 g/mol. The largest absolute Gasteiger partial charge is 0.508 e. The molecule has 0 saturated heterocycles. The first-order chi connectivity index (χ1) is 6.22. The highest BCUT2D eigenvalue weighted by molar-refractivity contribution is 5.85. The molecule has 0 aromatic heterocycles. The van der Waals surface area contributed by atoms with E-state index in [1.54, 1.807) is 12.1 Å². The molecule has 0 aliphatic heterocycles. The van der Waals surface area contributed by atoms with Gasteiger partial charge in [0, 0.05) is 12.6 Å². The van der Waals surface area contributed by atoms with Crippen LogP contribution in [0.4, 0.5) is 0 Å². The van der Waals surface area contributed by atoms with Gasteiger partial charge in [-0.3, -0.25) is 0 Å². The Bertz CT molecular complexity index is 248. The molecule has 0 heterocycles. The predicted molar refractivity (Wildman–Crippen MR) is 61.9 cm³/mol. The summed E-state index contributed by atoms with van der Waals surface area (Å²) in [5, 5.41) is 12.4. The quantitative estimate of drug-likeness (QED) is 0.810. The van der Waals surface area contributed by atoms with Crippen molar-refractivity contribution in [3.05, 3.63) is 29.8 Å². The Morgan fingerprint density at radius 2 is 1.86 bits per heavy atom. The van der Waals surface area contributed by atoms with Gasteiger partial charge >= 0.3 is 0 Å². The van der Waals surface area contributed by atoms with Gasteiger partial charge in [-0.15, -0.1) is 12.4 Å². The second-order valence-electron chi connectivity index (χ2n) is 3.36. The summed E-state index contributed by atoms with van der Waals surface area (Å²) in [6, 6.07) is 7.85. The molecule has 1 unspecified atom stereocenters. The lowest BCUT2D eigenvalue weighted by atomic mass is 10.2. The fourth-order valence-corrected chi connectivity index (χ4v) is 1.05. The van der Waals surface area contributed by atoms with Crippen molar-refractivity contribution in [2.24, 2.45) is 0 Å². The molecule has 80 valence electrons. The van der Waals surface area contributed by atoms with E-state index in [1.165, 1.54) is 5.56 Å². The van der Waals surface area contributed by atoms with E-state index in [-0.39, 0.29) is 12.4 Å². The molecule has 0 amide bonds. The van der Waals surface area contributed by atoms with Crippen LogP contribution in [0.25, 0.3) is 0 Å². The lowest BCUT2D eigenvalue weighted by Crippen LogP contribution is -2.24. The number of nitrogens with one attached hydrogen (secondary N) is 1. The van der Waals surface area contributed by atoms with E-state index in [4.69, 9.17) is 5.11 Å². The molecule has 2 N–H and O–H groups in total. The van der Waals surface area contributed by atoms with Crippen LogP contribution in [0.5, 0.6) is 5.75 Å². The SMILES string of the molecule is CCC(C)NCc1ccc(O)cc1.Cl. The molecular formula is C11H18ClNO. The Kier molecular flexibility index (Phi) is 6.34. The number of halogens is 1. The summed E-state index contributed by atoms with van der Waals surface area (Å²) in [5.74, 6) is 0.326. The number of benzene rings is 1. The molecule has 0 radical (unpaired) electrons. The van der Waals surface area contributed by atoms with E-state index >= 15 is 0 Å². The molecule has 3 heteroatoms. The molecule has 0 bridgehead atoms. The smallest absolute Gasteiger partial charge is 0.115 e. The molecule has 1 rings (SSSR count). The highest BCUT2D eigenvalue weighted by Crippen LogP contribution is 2.09. The maximum absolute atomic E-state index is 9.06. The Balaban J connectivity index is 0.00000169. The molecule has 0 saturated carbocycles. The molecule has 1 atom stereocenters. The van der Waals surface area contributed by atoms with Crippen LogP contribution in [-0.2, 0) is 6.54 Å². The van der Waals surface area contributed by atoms with E-state index in [9.17, 15) is 0 Å². The lowest BCUT2D eigenvalue weighted by Gasteiger charge is -2.10. The summed E-state index contributed by atoms with van der Waals surface area (Å²) in [4.78, 5) is 0. The van der Waals surface area contributed by atoms with E-state index in [2.05, 4.69) is 19.2 Å². The van der Waals surface area contributed by atoms with Gasteiger partial charge in [-0.2, -0.15) is 0 Å². The molecule has 0 spiro atoms. The van der Waals surface area contributed by atoms with Crippen LogP contribution in [0.3, 0.4) is 0 Å². The van der Waals surface area contributed by atoms with Gasteiger partial charge in [0.1, 0.15) is 5.75 Å². The van der Waals surface area contributed by atoms with Gasteiger partial charge in [0.15, 0.2) is 0 Å². The highest BCUT2D eigenvalue weighted by Gasteiger charge is 1.97. The average Bonchev–Trinajstić information content (AvgIpc) is 2.16. The second kappa shape index (κ2) is 6.68. The third kappa shape index (κ3) is 4.49. The fourth-order valence-electron chi connectivity index (χ4n) is 1.05. The monoisotopic (exact) mass is 215 g/mol. The zero-order valence-corrected chi connectivity index (χ0v) is 9.47. The Hall–Kier alpha value is -0.730. The Morgan fingerprint density at radius 3 is 2.36 bits per heavy atom. The van der Waals surface area contributed by atoms with Gasteiger partial charge in [-0.25, -0.2) is 0 Å². The van der Waals surface area contributed by atoms with Crippen LogP contribution in [-0.4, -0.2) is 11.1 Å². The normalized spacial score (nSPS) is 11.9. The van der Waals surface area contributed by atoms with Gasteiger partial charge in [0.2, 0.25) is 0 Å². The summed E-state index contributed by atoms with van der Waals surface area (Å²) in [5.41, 5.74) is 1.21. The summed E-state index contributed by atoms with van der Waals surface area (Å²) in [6.07, 6.45) is 1.14. The summed E-state index contributed by atoms with van der Waals surface area (Å²) < 4.78 is 0. The van der Waals surface area contributed by atoms with Crippen molar-refractivity contribution in [2.75, 3.05) is 0 Å². The van der Waals surface area contributed by atoms with Crippen molar-refractivity contribution in [3.63, 3.8) is 0 Å². The van der Waals surface area contributed by atoms with Gasteiger partial charge < -0.3 is 10.4 Å². The molecule has 0 aliphatic rings. The maximum Gasteiger partial charge on any atom is 0.115 e. The van der Waals surface area contributed by atoms with E-state index in [0.717, 1.165) is 13.0 Å². The van der Waals surface area contributed by atoms with Crippen molar-refractivity contribution in [1.29, 1.82) is 0 Å². The molecule has 1 aromatic carbocycles. The van der Waals surface area contributed by atoms with Gasteiger partial charge in [-0.05, 0) is 31.0 Å². The fraction of sp³-hybridized carbons (Fsp3) is 0.455. The third-order valence-electron chi connectivity index (χ3n) is 2.20. The number of rotatable bonds is 4. The summed E-state index contributed by atoms with van der Waals surface area (Å²) in [6.45, 7) is 5.20. The zero-order valence-electron chi connectivity index (χ0n) is 8.66. The van der Waals surface area contributed by atoms with Crippen LogP contribution >= 0.6 is 12.4 Å². The molecule has 0 aliphatic carbocycles. The van der Waals surface area contributed by atoms with Crippen molar-refractivity contribution in [3.8, 4) is 5.75 Å². The number of hydrogen-bond donors (Lipinski definition) is 2. The molecule has 1 aromatic rings. The topological polar surface area (TPSA) is 32.3 Å². The van der Waals surface area contributed by atoms with Crippen molar-refractivity contribution >= 4 is 12.4 Å². The van der Waals surface area contributed by atoms with Gasteiger partial charge in [0.05, 0.1) is 0 Å². The number of phenolic OH excluding ortho intramolecular Hbond substituents is 1. The van der Waals surface area contributed by atoms with E-state index < -0.39 is 0 Å². The highest BCUT2D eigenvalue weighted by atomic mass is 35.5. The number of aromatic hydroxyl groups is 1. The van der Waals surface area contributed by atoms with Gasteiger partial charge in [-0.1, -0.05) is 19.1 Å². The standard InChI is InChI=1S/C11H17NO.ClH/c1-3-9(2)12-8-10-4-6-11(13)7-5-10;/h4-7,9,12-13H,3,8H2,1-2H3;1H. The first-order valence-corrected chi connectivity index (χ1v) is 4.73. The van der Waals surface area contributed by atoms with Crippen molar-refractivity contribution in [2.45, 2.75) is 32.9 Å². The maximum atomic E-state index is 9.06. The van der Waals surface area contributed by atoms with Crippen LogP contribution in [0, 0.1) is 0 Å². The van der Waals surface area contributed by atoms with Crippen molar-refractivity contribution in [1.82, 2.24) is 5.32 Å². The second-order valence-corrected chi connectivity index (χ2v) is 3.36. The van der Waals surface area contributed by atoms with Crippen LogP contribution in [0.1, 0.15) is 25.8 Å². The van der Waals surface area contributed by atoms with Gasteiger partial charge in [0.25, 0.3) is 0 Å². The Labute approximate surface area is 91.8 Å². The minimum Gasteiger partial charge on any atom is -0.508 e. The molecule has 2 nitrogen and oxygen atoms in total. The summed E-state index contributed by atoms with van der Waals surface area (Å²) in [7, 11) is 0. The van der Waals surface area contributed by atoms with Crippen LogP contribution in [0.2, 0.25) is 0 Å². The Morgan fingerprint density at radius 1 is 1.29 bits per heavy atom. The van der Waals surface area contributed by atoms with Crippen LogP contribution in [0.15, 0.2) is 24.3 Å². The lowest BCUT2D eigenvalue weighted by molar-refractivity contribution is 0.474. The predicted octanol–water partition coefficient (Wildman–Crippen LogP) is 2.70. The van der Waals surface area contributed by atoms with E-state index in [1.807, 2.05) is 12.1 Å². The minimum atomic E-state index is 0. The molecule has 0 fully saturated rings. The molecule has 14 heavy (non-hydrogen) atoms. The first kappa shape index (κ1) is 13.3. The van der Waals surface area contributed by atoms with Crippen molar-refractivity contribution < 1.29 is 5.11 Å². The van der Waals surface area contributed by atoms with E-state index in [0.29, 0.717) is 11.8 Å². The zero-order chi connectivity index (χ0) is 9.68. The number of phenols is 1. The molecular weight excluding hydrogens is 198 g/mol. The number of hydrogen-bond acceptors (Lipinski definition) is 2. The summed E-state index contributed by atoms with van der Waals surface area (Å²) >= 11 is 0.